The molecule has 0 unspecified atom stereocenters. The quantitative estimate of drug-likeness (QED) is 0.909. The number of nitrogens with two attached hydrogens (primary N) is 1. The van der Waals surface area contributed by atoms with E-state index in [2.05, 4.69) is 14.9 Å². The van der Waals surface area contributed by atoms with Crippen molar-refractivity contribution in [3.05, 3.63) is 29.6 Å². The minimum absolute atomic E-state index is 0.329. The molecule has 1 aromatic heterocycles. The van der Waals surface area contributed by atoms with Crippen molar-refractivity contribution in [2.75, 3.05) is 0 Å². The third-order valence-corrected chi connectivity index (χ3v) is 3.23. The SMILES string of the molecule is CCn1c(CNC(=O)OC(C)(C)C)nc2ccc(CN)cc21. The highest BCUT2D eigenvalue weighted by atomic mass is 16.6. The maximum atomic E-state index is 11.8. The Kier molecular flexibility index (Phi) is 4.71. The van der Waals surface area contributed by atoms with Crippen LogP contribution in [0, 0.1) is 0 Å². The zero-order valence-electron chi connectivity index (χ0n) is 13.6. The Hall–Kier alpha value is -2.08. The molecule has 0 aliphatic carbocycles. The Bertz CT molecular complexity index is 671. The monoisotopic (exact) mass is 304 g/mol. The van der Waals surface area contributed by atoms with Crippen LogP contribution in [0.4, 0.5) is 4.79 Å². The van der Waals surface area contributed by atoms with Gasteiger partial charge >= 0.3 is 6.09 Å². The molecule has 1 amide bonds. The number of nitrogens with zero attached hydrogens (tertiary/aromatic N) is 2. The zero-order valence-corrected chi connectivity index (χ0v) is 13.6. The van der Waals surface area contributed by atoms with E-state index >= 15 is 0 Å². The van der Waals surface area contributed by atoms with Gasteiger partial charge in [0.2, 0.25) is 0 Å². The standard InChI is InChI=1S/C16H24N4O2/c1-5-20-13-8-11(9-17)6-7-12(13)19-14(20)10-18-15(21)22-16(2,3)4/h6-8H,5,9-10,17H2,1-4H3,(H,18,21). The number of hydrogen-bond donors (Lipinski definition) is 2. The molecular weight excluding hydrogens is 280 g/mol. The van der Waals surface area contributed by atoms with Crippen LogP contribution in [0.5, 0.6) is 0 Å². The molecule has 0 aliphatic heterocycles. The Morgan fingerprint density at radius 1 is 1.41 bits per heavy atom. The molecule has 2 aromatic rings. The number of rotatable bonds is 4. The first-order chi connectivity index (χ1) is 10.3. The topological polar surface area (TPSA) is 82.2 Å². The maximum absolute atomic E-state index is 11.8. The number of fused-ring (bicyclic) bond motifs is 1. The van der Waals surface area contributed by atoms with E-state index in [0.717, 1.165) is 29.0 Å². The van der Waals surface area contributed by atoms with E-state index in [1.165, 1.54) is 0 Å². The summed E-state index contributed by atoms with van der Waals surface area (Å²) in [6, 6.07) is 5.98. The molecule has 0 radical (unpaired) electrons. The summed E-state index contributed by atoms with van der Waals surface area (Å²) in [6.45, 7) is 9.15. The first-order valence-corrected chi connectivity index (χ1v) is 7.49. The van der Waals surface area contributed by atoms with Gasteiger partial charge in [0.15, 0.2) is 0 Å². The first-order valence-electron chi connectivity index (χ1n) is 7.49. The molecular formula is C16H24N4O2. The Balaban J connectivity index is 2.19. The van der Waals surface area contributed by atoms with E-state index in [1.807, 2.05) is 45.9 Å². The Morgan fingerprint density at radius 2 is 2.14 bits per heavy atom. The lowest BCUT2D eigenvalue weighted by Crippen LogP contribution is -2.32. The molecule has 0 bridgehead atoms. The van der Waals surface area contributed by atoms with Gasteiger partial charge in [0.05, 0.1) is 17.6 Å². The maximum Gasteiger partial charge on any atom is 0.408 e. The van der Waals surface area contributed by atoms with Crippen LogP contribution in [0.25, 0.3) is 11.0 Å². The normalized spacial score (nSPS) is 11.7. The van der Waals surface area contributed by atoms with Gasteiger partial charge in [0, 0.05) is 13.1 Å². The van der Waals surface area contributed by atoms with E-state index in [-0.39, 0.29) is 0 Å². The molecule has 3 N–H and O–H groups in total. The second-order valence-electron chi connectivity index (χ2n) is 6.15. The summed E-state index contributed by atoms with van der Waals surface area (Å²) in [5.74, 6) is 0.803. The summed E-state index contributed by atoms with van der Waals surface area (Å²) >= 11 is 0. The van der Waals surface area contributed by atoms with Gasteiger partial charge in [-0.15, -0.1) is 0 Å². The molecule has 6 heteroatoms. The number of carbonyl (C=O) groups is 1. The largest absolute Gasteiger partial charge is 0.444 e. The van der Waals surface area contributed by atoms with Crippen LogP contribution >= 0.6 is 0 Å². The van der Waals surface area contributed by atoms with Crippen molar-refractivity contribution in [1.82, 2.24) is 14.9 Å². The highest BCUT2D eigenvalue weighted by Gasteiger charge is 2.17. The number of hydrogen-bond acceptors (Lipinski definition) is 4. The number of nitrogens with one attached hydrogen (secondary N) is 1. The predicted octanol–water partition coefficient (Wildman–Crippen LogP) is 2.54. The van der Waals surface area contributed by atoms with Crippen LogP contribution in [0.15, 0.2) is 18.2 Å². The third kappa shape index (κ3) is 3.76. The molecule has 22 heavy (non-hydrogen) atoms. The molecule has 0 fully saturated rings. The average molecular weight is 304 g/mol. The third-order valence-electron chi connectivity index (χ3n) is 3.23. The number of aromatic nitrogens is 2. The molecule has 120 valence electrons. The number of benzene rings is 1. The molecule has 0 atom stereocenters. The van der Waals surface area contributed by atoms with Gasteiger partial charge < -0.3 is 20.4 Å². The number of aryl methyl sites for hydroxylation is 1. The summed E-state index contributed by atoms with van der Waals surface area (Å²) in [6.07, 6.45) is -0.440. The van der Waals surface area contributed by atoms with Crippen LogP contribution < -0.4 is 11.1 Å². The Labute approximate surface area is 130 Å². The van der Waals surface area contributed by atoms with E-state index in [9.17, 15) is 4.79 Å². The lowest BCUT2D eigenvalue weighted by molar-refractivity contribution is 0.0521. The summed E-state index contributed by atoms with van der Waals surface area (Å²) in [5, 5.41) is 2.75. The fraction of sp³-hybridized carbons (Fsp3) is 0.500. The molecule has 1 aromatic carbocycles. The van der Waals surface area contributed by atoms with Gasteiger partial charge in [0.1, 0.15) is 11.4 Å². The van der Waals surface area contributed by atoms with Crippen LogP contribution in [0.1, 0.15) is 39.1 Å². The fourth-order valence-corrected chi connectivity index (χ4v) is 2.30. The number of amides is 1. The number of imidazole rings is 1. The zero-order chi connectivity index (χ0) is 16.3. The van der Waals surface area contributed by atoms with Crippen molar-refractivity contribution in [2.24, 2.45) is 5.73 Å². The minimum atomic E-state index is -0.509. The summed E-state index contributed by atoms with van der Waals surface area (Å²) in [4.78, 5) is 16.3. The van der Waals surface area contributed by atoms with Crippen molar-refractivity contribution in [2.45, 2.75) is 52.9 Å². The van der Waals surface area contributed by atoms with Gasteiger partial charge in [-0.3, -0.25) is 0 Å². The van der Waals surface area contributed by atoms with Crippen molar-refractivity contribution in [1.29, 1.82) is 0 Å². The molecule has 0 spiro atoms. The second-order valence-corrected chi connectivity index (χ2v) is 6.15. The van der Waals surface area contributed by atoms with Gasteiger partial charge in [-0.2, -0.15) is 0 Å². The highest BCUT2D eigenvalue weighted by molar-refractivity contribution is 5.77. The van der Waals surface area contributed by atoms with Crippen molar-refractivity contribution >= 4 is 17.1 Å². The van der Waals surface area contributed by atoms with Gasteiger partial charge in [-0.05, 0) is 45.4 Å². The van der Waals surface area contributed by atoms with Crippen LogP contribution in [-0.4, -0.2) is 21.2 Å². The smallest absolute Gasteiger partial charge is 0.408 e. The van der Waals surface area contributed by atoms with Crippen molar-refractivity contribution in [3.63, 3.8) is 0 Å². The number of alkyl carbamates (subject to hydrolysis) is 1. The van der Waals surface area contributed by atoms with Crippen molar-refractivity contribution in [3.8, 4) is 0 Å². The van der Waals surface area contributed by atoms with Gasteiger partial charge in [-0.1, -0.05) is 6.07 Å². The molecule has 0 saturated heterocycles. The Morgan fingerprint density at radius 3 is 2.73 bits per heavy atom. The van der Waals surface area contributed by atoms with Crippen LogP contribution in [-0.2, 0) is 24.4 Å². The second kappa shape index (κ2) is 6.36. The molecule has 6 nitrogen and oxygen atoms in total. The molecule has 1 heterocycles. The fourth-order valence-electron chi connectivity index (χ4n) is 2.30. The van der Waals surface area contributed by atoms with E-state index < -0.39 is 11.7 Å². The van der Waals surface area contributed by atoms with Crippen molar-refractivity contribution < 1.29 is 9.53 Å². The summed E-state index contributed by atoms with van der Waals surface area (Å²) in [5.41, 5.74) is 8.18. The predicted molar refractivity (Wildman–Crippen MR) is 86.4 cm³/mol. The number of ether oxygens (including phenoxy) is 1. The van der Waals surface area contributed by atoms with Crippen LogP contribution in [0.2, 0.25) is 0 Å². The average Bonchev–Trinajstić information content (AvgIpc) is 2.79. The lowest BCUT2D eigenvalue weighted by Gasteiger charge is -2.19. The highest BCUT2D eigenvalue weighted by Crippen LogP contribution is 2.18. The van der Waals surface area contributed by atoms with E-state index in [0.29, 0.717) is 13.1 Å². The number of carbonyl (C=O) groups excluding carboxylic acids is 1. The molecule has 0 saturated carbocycles. The summed E-state index contributed by atoms with van der Waals surface area (Å²) in [7, 11) is 0. The summed E-state index contributed by atoms with van der Waals surface area (Å²) < 4.78 is 7.32. The minimum Gasteiger partial charge on any atom is -0.444 e. The first kappa shape index (κ1) is 16.3. The van der Waals surface area contributed by atoms with Crippen LogP contribution in [0.3, 0.4) is 0 Å². The van der Waals surface area contributed by atoms with E-state index in [4.69, 9.17) is 10.5 Å². The molecule has 2 rings (SSSR count). The van der Waals surface area contributed by atoms with E-state index in [1.54, 1.807) is 0 Å². The van der Waals surface area contributed by atoms with Gasteiger partial charge in [-0.25, -0.2) is 9.78 Å². The lowest BCUT2D eigenvalue weighted by atomic mass is 10.2. The molecule has 0 aliphatic rings. The van der Waals surface area contributed by atoms with Gasteiger partial charge in [0.25, 0.3) is 0 Å².